The van der Waals surface area contributed by atoms with Crippen molar-refractivity contribution < 1.29 is 0 Å². The molecule has 0 fully saturated rings. The van der Waals surface area contributed by atoms with E-state index in [4.69, 9.17) is 0 Å². The summed E-state index contributed by atoms with van der Waals surface area (Å²) in [6, 6.07) is 9.30. The number of benzene rings is 1. The van der Waals surface area contributed by atoms with E-state index in [2.05, 4.69) is 57.0 Å². The molecule has 1 heteroatoms. The van der Waals surface area contributed by atoms with Crippen molar-refractivity contribution in [2.75, 3.05) is 13.6 Å². The number of aryl methyl sites for hydroxylation is 1. The summed E-state index contributed by atoms with van der Waals surface area (Å²) in [6.45, 7) is 7.64. The SMILES string of the molecule is CCN(C)[C@H](C)c1ccc(C)cc1. The predicted molar refractivity (Wildman–Crippen MR) is 57.9 cm³/mol. The van der Waals surface area contributed by atoms with Gasteiger partial charge in [-0.25, -0.2) is 0 Å². The number of rotatable bonds is 3. The molecule has 0 heterocycles. The molecule has 1 atom stereocenters. The van der Waals surface area contributed by atoms with Gasteiger partial charge in [0, 0.05) is 6.04 Å². The summed E-state index contributed by atoms with van der Waals surface area (Å²) in [4.78, 5) is 2.34. The van der Waals surface area contributed by atoms with Gasteiger partial charge in [0.25, 0.3) is 0 Å². The second-order valence-corrected chi connectivity index (χ2v) is 3.66. The summed E-state index contributed by atoms with van der Waals surface area (Å²) in [7, 11) is 2.16. The normalized spacial score (nSPS) is 13.3. The molecule has 1 nitrogen and oxygen atoms in total. The van der Waals surface area contributed by atoms with Crippen LogP contribution >= 0.6 is 0 Å². The first-order valence-electron chi connectivity index (χ1n) is 4.92. The Bertz CT molecular complexity index is 250. The monoisotopic (exact) mass is 177 g/mol. The maximum absolute atomic E-state index is 2.34. The summed E-state index contributed by atoms with van der Waals surface area (Å²) in [5, 5.41) is 0. The van der Waals surface area contributed by atoms with Crippen LogP contribution in [-0.2, 0) is 0 Å². The van der Waals surface area contributed by atoms with E-state index in [1.54, 1.807) is 0 Å². The van der Waals surface area contributed by atoms with E-state index in [9.17, 15) is 0 Å². The maximum Gasteiger partial charge on any atom is 0.0316 e. The average Bonchev–Trinajstić information content (AvgIpc) is 2.17. The first kappa shape index (κ1) is 10.3. The summed E-state index contributed by atoms with van der Waals surface area (Å²) in [5.41, 5.74) is 2.73. The third-order valence-electron chi connectivity index (χ3n) is 2.72. The minimum atomic E-state index is 0.519. The third-order valence-corrected chi connectivity index (χ3v) is 2.72. The van der Waals surface area contributed by atoms with Crippen LogP contribution in [0.4, 0.5) is 0 Å². The van der Waals surface area contributed by atoms with Crippen LogP contribution < -0.4 is 0 Å². The van der Waals surface area contributed by atoms with Crippen molar-refractivity contribution in [1.82, 2.24) is 4.90 Å². The van der Waals surface area contributed by atoms with Gasteiger partial charge in [-0.05, 0) is 33.0 Å². The minimum Gasteiger partial charge on any atom is -0.300 e. The summed E-state index contributed by atoms with van der Waals surface area (Å²) < 4.78 is 0. The predicted octanol–water partition coefficient (Wildman–Crippen LogP) is 3.01. The van der Waals surface area contributed by atoms with Gasteiger partial charge in [-0.3, -0.25) is 4.90 Å². The fourth-order valence-corrected chi connectivity index (χ4v) is 1.37. The highest BCUT2D eigenvalue weighted by atomic mass is 15.1. The van der Waals surface area contributed by atoms with Crippen molar-refractivity contribution in [1.29, 1.82) is 0 Å². The molecular formula is C12H19N. The molecule has 1 aromatic rings. The van der Waals surface area contributed by atoms with Gasteiger partial charge in [-0.2, -0.15) is 0 Å². The van der Waals surface area contributed by atoms with Crippen molar-refractivity contribution in [2.45, 2.75) is 26.8 Å². The van der Waals surface area contributed by atoms with Gasteiger partial charge in [-0.15, -0.1) is 0 Å². The first-order valence-corrected chi connectivity index (χ1v) is 4.92. The van der Waals surface area contributed by atoms with Crippen molar-refractivity contribution in [3.63, 3.8) is 0 Å². The van der Waals surface area contributed by atoms with E-state index >= 15 is 0 Å². The van der Waals surface area contributed by atoms with E-state index in [-0.39, 0.29) is 0 Å². The first-order chi connectivity index (χ1) is 6.15. The molecule has 1 rings (SSSR count). The topological polar surface area (TPSA) is 3.24 Å². The molecule has 0 saturated carbocycles. The molecule has 0 bridgehead atoms. The zero-order chi connectivity index (χ0) is 9.84. The molecule has 0 radical (unpaired) electrons. The van der Waals surface area contributed by atoms with Gasteiger partial charge in [0.05, 0.1) is 0 Å². The molecule has 72 valence electrons. The van der Waals surface area contributed by atoms with Gasteiger partial charge in [0.15, 0.2) is 0 Å². The van der Waals surface area contributed by atoms with E-state index in [0.29, 0.717) is 6.04 Å². The Kier molecular flexibility index (Phi) is 3.49. The minimum absolute atomic E-state index is 0.519. The lowest BCUT2D eigenvalue weighted by atomic mass is 10.1. The second-order valence-electron chi connectivity index (χ2n) is 3.66. The van der Waals surface area contributed by atoms with E-state index < -0.39 is 0 Å². The number of hydrogen-bond acceptors (Lipinski definition) is 1. The Hall–Kier alpha value is -0.820. The van der Waals surface area contributed by atoms with E-state index in [1.807, 2.05) is 0 Å². The zero-order valence-electron chi connectivity index (χ0n) is 9.04. The lowest BCUT2D eigenvalue weighted by molar-refractivity contribution is 0.276. The molecule has 1 aromatic carbocycles. The molecule has 0 saturated heterocycles. The quantitative estimate of drug-likeness (QED) is 0.686. The Labute approximate surface area is 81.4 Å². The van der Waals surface area contributed by atoms with Crippen molar-refractivity contribution >= 4 is 0 Å². The third kappa shape index (κ3) is 2.56. The fourth-order valence-electron chi connectivity index (χ4n) is 1.37. The van der Waals surface area contributed by atoms with Gasteiger partial charge in [-0.1, -0.05) is 36.8 Å². The van der Waals surface area contributed by atoms with Crippen molar-refractivity contribution in [3.05, 3.63) is 35.4 Å². The summed E-state index contributed by atoms with van der Waals surface area (Å²) in [5.74, 6) is 0. The molecular weight excluding hydrogens is 158 g/mol. The van der Waals surface area contributed by atoms with Crippen molar-refractivity contribution in [3.8, 4) is 0 Å². The van der Waals surface area contributed by atoms with Gasteiger partial charge < -0.3 is 0 Å². The molecule has 0 N–H and O–H groups in total. The number of nitrogens with zero attached hydrogens (tertiary/aromatic N) is 1. The molecule has 0 aromatic heterocycles. The summed E-state index contributed by atoms with van der Waals surface area (Å²) in [6.07, 6.45) is 0. The Morgan fingerprint density at radius 1 is 1.23 bits per heavy atom. The van der Waals surface area contributed by atoms with Crippen LogP contribution in [0.3, 0.4) is 0 Å². The molecule has 13 heavy (non-hydrogen) atoms. The largest absolute Gasteiger partial charge is 0.300 e. The average molecular weight is 177 g/mol. The van der Waals surface area contributed by atoms with E-state index in [1.165, 1.54) is 11.1 Å². The van der Waals surface area contributed by atoms with Crippen LogP contribution in [0.25, 0.3) is 0 Å². The van der Waals surface area contributed by atoms with Gasteiger partial charge in [0.1, 0.15) is 0 Å². The molecule has 0 unspecified atom stereocenters. The van der Waals surface area contributed by atoms with Gasteiger partial charge in [0.2, 0.25) is 0 Å². The van der Waals surface area contributed by atoms with Crippen LogP contribution in [-0.4, -0.2) is 18.5 Å². The lowest BCUT2D eigenvalue weighted by Crippen LogP contribution is -2.21. The zero-order valence-corrected chi connectivity index (χ0v) is 9.04. The maximum atomic E-state index is 2.34. The fraction of sp³-hybridized carbons (Fsp3) is 0.500. The lowest BCUT2D eigenvalue weighted by Gasteiger charge is -2.23. The van der Waals surface area contributed by atoms with Crippen LogP contribution in [0.15, 0.2) is 24.3 Å². The molecule has 0 aliphatic rings. The number of hydrogen-bond donors (Lipinski definition) is 0. The highest BCUT2D eigenvalue weighted by molar-refractivity contribution is 5.23. The molecule has 0 aliphatic carbocycles. The standard InChI is InChI=1S/C12H19N/c1-5-13(4)11(3)12-8-6-10(2)7-9-12/h6-9,11H,5H2,1-4H3/t11-/m1/s1. The van der Waals surface area contributed by atoms with E-state index in [0.717, 1.165) is 6.54 Å². The highest BCUT2D eigenvalue weighted by Gasteiger charge is 2.08. The molecule has 0 aliphatic heterocycles. The Morgan fingerprint density at radius 3 is 2.23 bits per heavy atom. The van der Waals surface area contributed by atoms with Crippen LogP contribution in [0.1, 0.15) is 31.0 Å². The van der Waals surface area contributed by atoms with Gasteiger partial charge >= 0.3 is 0 Å². The van der Waals surface area contributed by atoms with Crippen LogP contribution in [0.5, 0.6) is 0 Å². The smallest absolute Gasteiger partial charge is 0.0316 e. The molecule has 0 amide bonds. The molecule has 0 spiro atoms. The van der Waals surface area contributed by atoms with Crippen LogP contribution in [0, 0.1) is 6.92 Å². The van der Waals surface area contributed by atoms with Crippen LogP contribution in [0.2, 0.25) is 0 Å². The Balaban J connectivity index is 2.77. The highest BCUT2D eigenvalue weighted by Crippen LogP contribution is 2.18. The second kappa shape index (κ2) is 4.43. The summed E-state index contributed by atoms with van der Waals surface area (Å²) >= 11 is 0. The Morgan fingerprint density at radius 2 is 1.77 bits per heavy atom. The van der Waals surface area contributed by atoms with Crippen molar-refractivity contribution in [2.24, 2.45) is 0 Å².